The third-order valence-electron chi connectivity index (χ3n) is 1.83. The summed E-state index contributed by atoms with van der Waals surface area (Å²) in [6.07, 6.45) is 2.05. The van der Waals surface area contributed by atoms with Crippen molar-refractivity contribution in [2.45, 2.75) is 26.7 Å². The molecule has 0 aliphatic carbocycles. The van der Waals surface area contributed by atoms with Gasteiger partial charge in [0.25, 0.3) is 0 Å². The minimum atomic E-state index is -0.126. The molecule has 1 aromatic carbocycles. The number of hydrogen-bond donors (Lipinski definition) is 0. The van der Waals surface area contributed by atoms with Gasteiger partial charge in [-0.25, -0.2) is 4.39 Å². The van der Waals surface area contributed by atoms with Crippen molar-refractivity contribution in [2.75, 3.05) is 0 Å². The van der Waals surface area contributed by atoms with Gasteiger partial charge in [0, 0.05) is 0 Å². The molecular formula is C10H13F. The van der Waals surface area contributed by atoms with Crippen molar-refractivity contribution in [1.29, 1.82) is 0 Å². The summed E-state index contributed by atoms with van der Waals surface area (Å²) in [4.78, 5) is 0. The highest BCUT2D eigenvalue weighted by atomic mass is 19.1. The number of rotatable bonds is 2. The van der Waals surface area contributed by atoms with E-state index in [9.17, 15) is 4.39 Å². The summed E-state index contributed by atoms with van der Waals surface area (Å²) >= 11 is 0. The Bertz CT molecular complexity index is 241. The van der Waals surface area contributed by atoms with Crippen LogP contribution in [0.2, 0.25) is 0 Å². The molecule has 0 aliphatic heterocycles. The van der Waals surface area contributed by atoms with Crippen LogP contribution in [0.25, 0.3) is 0 Å². The topological polar surface area (TPSA) is 0 Å². The Morgan fingerprint density at radius 1 is 1.36 bits per heavy atom. The van der Waals surface area contributed by atoms with Crippen molar-refractivity contribution in [3.63, 3.8) is 0 Å². The lowest BCUT2D eigenvalue weighted by Gasteiger charge is -2.02. The average Bonchev–Trinajstić information content (AvgIpc) is 1.98. The summed E-state index contributed by atoms with van der Waals surface area (Å²) in [6, 6.07) is 4.97. The molecule has 0 spiro atoms. The molecule has 11 heavy (non-hydrogen) atoms. The molecule has 0 fully saturated rings. The summed E-state index contributed by atoms with van der Waals surface area (Å²) in [6.45, 7) is 4.12. The second kappa shape index (κ2) is 3.51. The zero-order valence-corrected chi connectivity index (χ0v) is 7.02. The predicted octanol–water partition coefficient (Wildman–Crippen LogP) is 3.09. The first-order valence-corrected chi connectivity index (χ1v) is 3.99. The SMILES string of the molecule is CCCc1cc(F)ccc1C. The summed E-state index contributed by atoms with van der Waals surface area (Å²) in [5, 5.41) is 0. The maximum Gasteiger partial charge on any atom is 0.123 e. The van der Waals surface area contributed by atoms with E-state index in [0.717, 1.165) is 18.4 Å². The van der Waals surface area contributed by atoms with E-state index in [1.807, 2.05) is 13.0 Å². The summed E-state index contributed by atoms with van der Waals surface area (Å²) in [5.41, 5.74) is 2.32. The lowest BCUT2D eigenvalue weighted by atomic mass is 10.0. The van der Waals surface area contributed by atoms with Gasteiger partial charge in [-0.1, -0.05) is 19.4 Å². The molecule has 1 aromatic rings. The molecule has 1 heteroatoms. The normalized spacial score (nSPS) is 10.1. The van der Waals surface area contributed by atoms with E-state index < -0.39 is 0 Å². The van der Waals surface area contributed by atoms with Gasteiger partial charge in [0.15, 0.2) is 0 Å². The van der Waals surface area contributed by atoms with Gasteiger partial charge in [-0.15, -0.1) is 0 Å². The third kappa shape index (κ3) is 2.04. The van der Waals surface area contributed by atoms with Gasteiger partial charge < -0.3 is 0 Å². The summed E-state index contributed by atoms with van der Waals surface area (Å²) in [5.74, 6) is -0.126. The highest BCUT2D eigenvalue weighted by Gasteiger charge is 1.97. The van der Waals surface area contributed by atoms with E-state index in [4.69, 9.17) is 0 Å². The second-order valence-corrected chi connectivity index (χ2v) is 2.82. The van der Waals surface area contributed by atoms with Crippen molar-refractivity contribution >= 4 is 0 Å². The molecule has 0 saturated carbocycles. The molecule has 0 nitrogen and oxygen atoms in total. The molecule has 0 saturated heterocycles. The number of hydrogen-bond acceptors (Lipinski definition) is 0. The van der Waals surface area contributed by atoms with Crippen LogP contribution in [0.15, 0.2) is 18.2 Å². The minimum absolute atomic E-state index is 0.126. The van der Waals surface area contributed by atoms with Crippen LogP contribution in [-0.2, 0) is 6.42 Å². The van der Waals surface area contributed by atoms with Gasteiger partial charge in [0.05, 0.1) is 0 Å². The Hall–Kier alpha value is -0.850. The quantitative estimate of drug-likeness (QED) is 0.611. The molecule has 0 amide bonds. The van der Waals surface area contributed by atoms with Gasteiger partial charge in [-0.2, -0.15) is 0 Å². The van der Waals surface area contributed by atoms with Crippen molar-refractivity contribution in [2.24, 2.45) is 0 Å². The fourth-order valence-electron chi connectivity index (χ4n) is 1.18. The maximum atomic E-state index is 12.7. The zero-order valence-electron chi connectivity index (χ0n) is 7.02. The maximum absolute atomic E-state index is 12.7. The summed E-state index contributed by atoms with van der Waals surface area (Å²) in [7, 11) is 0. The number of benzene rings is 1. The highest BCUT2D eigenvalue weighted by Crippen LogP contribution is 2.11. The van der Waals surface area contributed by atoms with Crippen molar-refractivity contribution in [3.05, 3.63) is 35.1 Å². The largest absolute Gasteiger partial charge is 0.207 e. The molecule has 0 unspecified atom stereocenters. The molecule has 0 atom stereocenters. The van der Waals surface area contributed by atoms with Crippen LogP contribution in [0.3, 0.4) is 0 Å². The third-order valence-corrected chi connectivity index (χ3v) is 1.83. The van der Waals surface area contributed by atoms with E-state index in [-0.39, 0.29) is 5.82 Å². The van der Waals surface area contributed by atoms with Crippen molar-refractivity contribution < 1.29 is 4.39 Å². The van der Waals surface area contributed by atoms with Crippen LogP contribution in [0.5, 0.6) is 0 Å². The van der Waals surface area contributed by atoms with E-state index in [1.165, 1.54) is 11.6 Å². The van der Waals surface area contributed by atoms with E-state index in [2.05, 4.69) is 6.92 Å². The Labute approximate surface area is 67.1 Å². The smallest absolute Gasteiger partial charge is 0.123 e. The molecule has 0 heterocycles. The Kier molecular flexibility index (Phi) is 2.64. The monoisotopic (exact) mass is 152 g/mol. The molecule has 0 N–H and O–H groups in total. The molecule has 1 rings (SSSR count). The highest BCUT2D eigenvalue weighted by molar-refractivity contribution is 5.26. The molecule has 0 bridgehead atoms. The molecule has 60 valence electrons. The van der Waals surface area contributed by atoms with E-state index in [0.29, 0.717) is 0 Å². The molecular weight excluding hydrogens is 139 g/mol. The number of aryl methyl sites for hydroxylation is 2. The van der Waals surface area contributed by atoms with E-state index >= 15 is 0 Å². The Morgan fingerprint density at radius 3 is 2.73 bits per heavy atom. The lowest BCUT2D eigenvalue weighted by Crippen LogP contribution is -1.89. The standard InChI is InChI=1S/C10H13F/c1-3-4-9-7-10(11)6-5-8(9)2/h5-7H,3-4H2,1-2H3. The number of halogens is 1. The van der Waals surface area contributed by atoms with Crippen LogP contribution >= 0.6 is 0 Å². The fourth-order valence-corrected chi connectivity index (χ4v) is 1.18. The van der Waals surface area contributed by atoms with Gasteiger partial charge in [-0.3, -0.25) is 0 Å². The fraction of sp³-hybridized carbons (Fsp3) is 0.400. The van der Waals surface area contributed by atoms with Crippen LogP contribution < -0.4 is 0 Å². The van der Waals surface area contributed by atoms with Gasteiger partial charge in [0.1, 0.15) is 5.82 Å². The van der Waals surface area contributed by atoms with Gasteiger partial charge in [-0.05, 0) is 36.6 Å². The van der Waals surface area contributed by atoms with Crippen LogP contribution in [0.1, 0.15) is 24.5 Å². The van der Waals surface area contributed by atoms with Crippen molar-refractivity contribution in [1.82, 2.24) is 0 Å². The minimum Gasteiger partial charge on any atom is -0.207 e. The molecule has 0 radical (unpaired) electrons. The zero-order chi connectivity index (χ0) is 8.27. The predicted molar refractivity (Wildman–Crippen MR) is 45.1 cm³/mol. The lowest BCUT2D eigenvalue weighted by molar-refractivity contribution is 0.624. The first kappa shape index (κ1) is 8.25. The molecule has 0 aromatic heterocycles. The van der Waals surface area contributed by atoms with E-state index in [1.54, 1.807) is 6.07 Å². The first-order valence-electron chi connectivity index (χ1n) is 3.99. The molecule has 0 aliphatic rings. The first-order chi connectivity index (χ1) is 5.24. The average molecular weight is 152 g/mol. The van der Waals surface area contributed by atoms with Crippen LogP contribution in [-0.4, -0.2) is 0 Å². The van der Waals surface area contributed by atoms with Crippen LogP contribution in [0.4, 0.5) is 4.39 Å². The van der Waals surface area contributed by atoms with Crippen molar-refractivity contribution in [3.8, 4) is 0 Å². The van der Waals surface area contributed by atoms with Gasteiger partial charge in [0.2, 0.25) is 0 Å². The summed E-state index contributed by atoms with van der Waals surface area (Å²) < 4.78 is 12.7. The van der Waals surface area contributed by atoms with Crippen LogP contribution in [0, 0.1) is 12.7 Å². The Morgan fingerprint density at radius 2 is 2.09 bits per heavy atom. The van der Waals surface area contributed by atoms with Gasteiger partial charge >= 0.3 is 0 Å². The second-order valence-electron chi connectivity index (χ2n) is 2.82. The Balaban J connectivity index is 2.93.